The van der Waals surface area contributed by atoms with Crippen LogP contribution in [0.15, 0.2) is 58.5 Å². The van der Waals surface area contributed by atoms with Gasteiger partial charge in [0.05, 0.1) is 18.0 Å². The van der Waals surface area contributed by atoms with Crippen molar-refractivity contribution in [1.82, 2.24) is 4.98 Å². The maximum atomic E-state index is 5.45. The summed E-state index contributed by atoms with van der Waals surface area (Å²) in [5.41, 5.74) is 2.38. The molecule has 0 bridgehead atoms. The van der Waals surface area contributed by atoms with Gasteiger partial charge >= 0.3 is 0 Å². The third-order valence-corrected chi connectivity index (χ3v) is 4.15. The summed E-state index contributed by atoms with van der Waals surface area (Å²) in [6.07, 6.45) is 2.04. The molecule has 3 aromatic rings. The molecule has 0 fully saturated rings. The smallest absolute Gasteiger partial charge is 0.129 e. The lowest BCUT2D eigenvalue weighted by molar-refractivity contribution is 0.419. The summed E-state index contributed by atoms with van der Waals surface area (Å²) in [5, 5.41) is 1.15. The van der Waals surface area contributed by atoms with Gasteiger partial charge in [0.1, 0.15) is 5.75 Å². The normalized spacial score (nSPS) is 10.8. The Morgan fingerprint density at radius 2 is 1.84 bits per heavy atom. The molecule has 0 saturated carbocycles. The number of fused-ring (bicyclic) bond motifs is 1. The summed E-state index contributed by atoms with van der Waals surface area (Å²) in [7, 11) is 1.71. The molecule has 96 valence electrons. The fraction of sp³-hybridized carbons (Fsp3) is 0.125. The molecule has 0 spiro atoms. The van der Waals surface area contributed by atoms with E-state index in [0.717, 1.165) is 16.7 Å². The lowest BCUT2D eigenvalue weighted by atomic mass is 10.2. The molecule has 3 rings (SSSR count). The van der Waals surface area contributed by atoms with Crippen molar-refractivity contribution in [2.75, 3.05) is 7.11 Å². The van der Waals surface area contributed by atoms with Gasteiger partial charge in [0.2, 0.25) is 0 Å². The average molecular weight is 269 g/mol. The predicted molar refractivity (Wildman–Crippen MR) is 80.2 cm³/mol. The fourth-order valence-electron chi connectivity index (χ4n) is 2.10. The minimum atomic E-state index is 0.911. The van der Waals surface area contributed by atoms with Crippen LogP contribution in [0.2, 0.25) is 0 Å². The lowest BCUT2D eigenvalue weighted by Gasteiger charge is -2.05. The molecular formula is C16H15NOS. The van der Waals surface area contributed by atoms with Crippen LogP contribution in [0, 0.1) is 6.92 Å². The topological polar surface area (TPSA) is 25.0 Å². The van der Waals surface area contributed by atoms with Crippen molar-refractivity contribution in [1.29, 1.82) is 0 Å². The Kier molecular flexibility index (Phi) is 3.22. The van der Waals surface area contributed by atoms with E-state index in [1.165, 1.54) is 15.4 Å². The van der Waals surface area contributed by atoms with Crippen LogP contribution in [0.4, 0.5) is 0 Å². The van der Waals surface area contributed by atoms with Crippen molar-refractivity contribution in [3.8, 4) is 5.75 Å². The SMILES string of the molecule is COc1cccc2[nH]cc(Sc3ccc(C)cc3)c12. The second-order valence-electron chi connectivity index (χ2n) is 4.45. The van der Waals surface area contributed by atoms with E-state index in [2.05, 4.69) is 42.2 Å². The van der Waals surface area contributed by atoms with E-state index in [1.54, 1.807) is 18.9 Å². The van der Waals surface area contributed by atoms with Crippen LogP contribution in [-0.4, -0.2) is 12.1 Å². The van der Waals surface area contributed by atoms with Crippen molar-refractivity contribution >= 4 is 22.7 Å². The molecule has 0 unspecified atom stereocenters. The molecule has 2 aromatic carbocycles. The van der Waals surface area contributed by atoms with Gasteiger partial charge in [-0.2, -0.15) is 0 Å². The van der Waals surface area contributed by atoms with Gasteiger partial charge in [-0.25, -0.2) is 0 Å². The highest BCUT2D eigenvalue weighted by Gasteiger charge is 2.10. The first kappa shape index (κ1) is 12.2. The minimum Gasteiger partial charge on any atom is -0.496 e. The van der Waals surface area contributed by atoms with Crippen LogP contribution in [0.3, 0.4) is 0 Å². The quantitative estimate of drug-likeness (QED) is 0.749. The molecule has 0 aliphatic rings. The molecule has 1 heterocycles. The highest BCUT2D eigenvalue weighted by atomic mass is 32.2. The maximum Gasteiger partial charge on any atom is 0.129 e. The summed E-state index contributed by atoms with van der Waals surface area (Å²) in [5.74, 6) is 0.911. The Balaban J connectivity index is 2.03. The van der Waals surface area contributed by atoms with E-state index in [1.807, 2.05) is 18.3 Å². The molecule has 0 saturated heterocycles. The molecule has 1 aromatic heterocycles. The van der Waals surface area contributed by atoms with Crippen LogP contribution in [0.25, 0.3) is 10.9 Å². The molecule has 3 heteroatoms. The zero-order valence-corrected chi connectivity index (χ0v) is 11.8. The highest BCUT2D eigenvalue weighted by Crippen LogP contribution is 2.38. The van der Waals surface area contributed by atoms with Crippen LogP contribution in [0.1, 0.15) is 5.56 Å². The Bertz CT molecular complexity index is 700. The summed E-state index contributed by atoms with van der Waals surface area (Å²) in [6, 6.07) is 14.6. The van der Waals surface area contributed by atoms with Gasteiger partial charge in [-0.15, -0.1) is 0 Å². The second kappa shape index (κ2) is 5.02. The molecule has 2 nitrogen and oxygen atoms in total. The maximum absolute atomic E-state index is 5.45. The van der Waals surface area contributed by atoms with Crippen molar-refractivity contribution in [3.05, 3.63) is 54.2 Å². The van der Waals surface area contributed by atoms with Gasteiger partial charge < -0.3 is 9.72 Å². The third kappa shape index (κ3) is 2.34. The van der Waals surface area contributed by atoms with Crippen LogP contribution < -0.4 is 4.74 Å². The Hall–Kier alpha value is -1.87. The van der Waals surface area contributed by atoms with E-state index in [-0.39, 0.29) is 0 Å². The largest absolute Gasteiger partial charge is 0.496 e. The van der Waals surface area contributed by atoms with Crippen LogP contribution in [-0.2, 0) is 0 Å². The van der Waals surface area contributed by atoms with E-state index in [0.29, 0.717) is 0 Å². The number of H-pyrrole nitrogens is 1. The van der Waals surface area contributed by atoms with Crippen molar-refractivity contribution in [2.24, 2.45) is 0 Å². The number of hydrogen-bond donors (Lipinski definition) is 1. The average Bonchev–Trinajstić information content (AvgIpc) is 2.85. The van der Waals surface area contributed by atoms with Gasteiger partial charge in [-0.05, 0) is 31.2 Å². The van der Waals surface area contributed by atoms with Gasteiger partial charge in [-0.3, -0.25) is 0 Å². The van der Waals surface area contributed by atoms with Crippen molar-refractivity contribution in [3.63, 3.8) is 0 Å². The number of ether oxygens (including phenoxy) is 1. The van der Waals surface area contributed by atoms with E-state index in [9.17, 15) is 0 Å². The first-order valence-electron chi connectivity index (χ1n) is 6.16. The summed E-state index contributed by atoms with van der Waals surface area (Å²) >= 11 is 1.75. The number of rotatable bonds is 3. The van der Waals surface area contributed by atoms with Crippen LogP contribution >= 0.6 is 11.8 Å². The highest BCUT2D eigenvalue weighted by molar-refractivity contribution is 7.99. The second-order valence-corrected chi connectivity index (χ2v) is 5.57. The monoisotopic (exact) mass is 269 g/mol. The van der Waals surface area contributed by atoms with Crippen molar-refractivity contribution in [2.45, 2.75) is 16.7 Å². The van der Waals surface area contributed by atoms with E-state index in [4.69, 9.17) is 4.74 Å². The number of aromatic nitrogens is 1. The predicted octanol–water partition coefficient (Wildman–Crippen LogP) is 4.64. The number of benzene rings is 2. The Morgan fingerprint density at radius 1 is 1.05 bits per heavy atom. The number of methoxy groups -OCH3 is 1. The van der Waals surface area contributed by atoms with E-state index < -0.39 is 0 Å². The van der Waals surface area contributed by atoms with Gasteiger partial charge in [0.25, 0.3) is 0 Å². The zero-order chi connectivity index (χ0) is 13.2. The third-order valence-electron chi connectivity index (χ3n) is 3.10. The molecular weight excluding hydrogens is 254 g/mol. The molecule has 19 heavy (non-hydrogen) atoms. The first-order chi connectivity index (χ1) is 9.28. The minimum absolute atomic E-state index is 0.911. The fourth-order valence-corrected chi connectivity index (χ4v) is 3.06. The lowest BCUT2D eigenvalue weighted by Crippen LogP contribution is -1.83. The van der Waals surface area contributed by atoms with E-state index >= 15 is 0 Å². The van der Waals surface area contributed by atoms with Gasteiger partial charge in [-0.1, -0.05) is 35.5 Å². The van der Waals surface area contributed by atoms with Gasteiger partial charge in [0.15, 0.2) is 0 Å². The van der Waals surface area contributed by atoms with Gasteiger partial charge in [0, 0.05) is 16.0 Å². The number of nitrogens with one attached hydrogen (secondary N) is 1. The Morgan fingerprint density at radius 3 is 2.58 bits per heavy atom. The van der Waals surface area contributed by atoms with Crippen molar-refractivity contribution < 1.29 is 4.74 Å². The Labute approximate surface area is 116 Å². The molecule has 1 N–H and O–H groups in total. The summed E-state index contributed by atoms with van der Waals surface area (Å²) in [4.78, 5) is 5.72. The molecule has 0 radical (unpaired) electrons. The number of hydrogen-bond acceptors (Lipinski definition) is 2. The number of aromatic amines is 1. The molecule has 0 aliphatic heterocycles. The summed E-state index contributed by atoms with van der Waals surface area (Å²) < 4.78 is 5.45. The first-order valence-corrected chi connectivity index (χ1v) is 6.98. The molecule has 0 amide bonds. The van der Waals surface area contributed by atoms with Crippen LogP contribution in [0.5, 0.6) is 5.75 Å². The zero-order valence-electron chi connectivity index (χ0n) is 10.9. The summed E-state index contributed by atoms with van der Waals surface area (Å²) in [6.45, 7) is 2.10. The number of aryl methyl sites for hydroxylation is 1. The molecule has 0 atom stereocenters. The standard InChI is InChI=1S/C16H15NOS/c1-11-6-8-12(9-7-11)19-15-10-17-13-4-3-5-14(18-2)16(13)15/h3-10,17H,1-2H3. The molecule has 0 aliphatic carbocycles.